The number of nitro groups is 1. The van der Waals surface area contributed by atoms with E-state index in [-0.39, 0.29) is 11.6 Å². The van der Waals surface area contributed by atoms with Crippen LogP contribution in [0.15, 0.2) is 53.5 Å². The van der Waals surface area contributed by atoms with Gasteiger partial charge in [-0.15, -0.1) is 0 Å². The van der Waals surface area contributed by atoms with E-state index in [1.807, 2.05) is 18.2 Å². The maximum atomic E-state index is 11.7. The molecule has 0 spiro atoms. The summed E-state index contributed by atoms with van der Waals surface area (Å²) in [5, 5.41) is 19.7. The SMILES string of the molecule is CN=C(NCCc1cccc(C(=O)NC)c1)NCc1ccc([N+](=O)[O-])cc1. The lowest BCUT2D eigenvalue weighted by Crippen LogP contribution is -2.37. The number of hydrogen-bond acceptors (Lipinski definition) is 4. The Balaban J connectivity index is 1.82. The van der Waals surface area contributed by atoms with E-state index in [0.717, 1.165) is 17.5 Å². The molecule has 2 rings (SSSR count). The van der Waals surface area contributed by atoms with E-state index in [0.29, 0.717) is 24.6 Å². The van der Waals surface area contributed by atoms with Gasteiger partial charge in [-0.2, -0.15) is 0 Å². The second-order valence-electron chi connectivity index (χ2n) is 5.81. The van der Waals surface area contributed by atoms with Crippen LogP contribution in [0.2, 0.25) is 0 Å². The summed E-state index contributed by atoms with van der Waals surface area (Å²) in [6, 6.07) is 13.9. The number of nitrogens with zero attached hydrogens (tertiary/aromatic N) is 2. The van der Waals surface area contributed by atoms with E-state index in [9.17, 15) is 14.9 Å². The molecule has 0 aliphatic heterocycles. The van der Waals surface area contributed by atoms with Gasteiger partial charge in [0.05, 0.1) is 4.92 Å². The number of carbonyl (C=O) groups is 1. The minimum atomic E-state index is -0.420. The van der Waals surface area contributed by atoms with Crippen LogP contribution in [0, 0.1) is 10.1 Å². The molecule has 0 saturated heterocycles. The van der Waals surface area contributed by atoms with E-state index in [1.54, 1.807) is 32.3 Å². The van der Waals surface area contributed by atoms with Gasteiger partial charge in [-0.1, -0.05) is 24.3 Å². The second-order valence-corrected chi connectivity index (χ2v) is 5.81. The minimum Gasteiger partial charge on any atom is -0.356 e. The van der Waals surface area contributed by atoms with Crippen LogP contribution in [-0.2, 0) is 13.0 Å². The van der Waals surface area contributed by atoms with Crippen molar-refractivity contribution in [3.05, 3.63) is 75.3 Å². The van der Waals surface area contributed by atoms with Crippen LogP contribution in [-0.4, -0.2) is 37.4 Å². The smallest absolute Gasteiger partial charge is 0.269 e. The first-order valence-electron chi connectivity index (χ1n) is 8.52. The number of benzene rings is 2. The third kappa shape index (κ3) is 6.10. The van der Waals surface area contributed by atoms with Gasteiger partial charge in [0.15, 0.2) is 5.96 Å². The summed E-state index contributed by atoms with van der Waals surface area (Å²) in [6.45, 7) is 1.15. The lowest BCUT2D eigenvalue weighted by molar-refractivity contribution is -0.384. The fraction of sp³-hybridized carbons (Fsp3) is 0.263. The number of rotatable bonds is 7. The molecule has 8 nitrogen and oxygen atoms in total. The number of hydrogen-bond donors (Lipinski definition) is 3. The number of carbonyl (C=O) groups excluding carboxylic acids is 1. The third-order valence-corrected chi connectivity index (χ3v) is 3.95. The van der Waals surface area contributed by atoms with Gasteiger partial charge in [0, 0.05) is 44.9 Å². The molecular formula is C19H23N5O3. The van der Waals surface area contributed by atoms with E-state index < -0.39 is 4.92 Å². The zero-order valence-electron chi connectivity index (χ0n) is 15.4. The Hall–Kier alpha value is -3.42. The number of nitro benzene ring substituents is 1. The molecule has 0 atom stereocenters. The van der Waals surface area contributed by atoms with E-state index >= 15 is 0 Å². The van der Waals surface area contributed by atoms with Gasteiger partial charge in [0.25, 0.3) is 11.6 Å². The highest BCUT2D eigenvalue weighted by atomic mass is 16.6. The predicted molar refractivity (Wildman–Crippen MR) is 105 cm³/mol. The van der Waals surface area contributed by atoms with Crippen molar-refractivity contribution in [1.82, 2.24) is 16.0 Å². The highest BCUT2D eigenvalue weighted by Gasteiger charge is 2.06. The normalized spacial score (nSPS) is 11.0. The molecule has 8 heteroatoms. The van der Waals surface area contributed by atoms with Gasteiger partial charge < -0.3 is 16.0 Å². The van der Waals surface area contributed by atoms with Crippen molar-refractivity contribution in [1.29, 1.82) is 0 Å². The first-order chi connectivity index (χ1) is 13.0. The average molecular weight is 369 g/mol. The maximum absolute atomic E-state index is 11.7. The van der Waals surface area contributed by atoms with Gasteiger partial charge in [0.1, 0.15) is 0 Å². The standard InChI is InChI=1S/C19H23N5O3/c1-20-18(25)16-5-3-4-14(12-16)10-11-22-19(21-2)23-13-15-6-8-17(9-7-15)24(26)27/h3-9,12H,10-11,13H2,1-2H3,(H,20,25)(H2,21,22,23). The van der Waals surface area contributed by atoms with Gasteiger partial charge >= 0.3 is 0 Å². The first kappa shape index (κ1) is 19.9. The quantitative estimate of drug-likeness (QED) is 0.299. The number of nitrogens with one attached hydrogen (secondary N) is 3. The van der Waals surface area contributed by atoms with Crippen LogP contribution in [0.25, 0.3) is 0 Å². The van der Waals surface area contributed by atoms with Gasteiger partial charge in [-0.05, 0) is 29.7 Å². The van der Waals surface area contributed by atoms with Crippen molar-refractivity contribution in [2.75, 3.05) is 20.6 Å². The van der Waals surface area contributed by atoms with Gasteiger partial charge in [-0.3, -0.25) is 19.9 Å². The molecule has 0 heterocycles. The average Bonchev–Trinajstić information content (AvgIpc) is 2.70. The molecular weight excluding hydrogens is 346 g/mol. The summed E-state index contributed by atoms with van der Waals surface area (Å²) in [6.07, 6.45) is 0.739. The molecule has 0 fully saturated rings. The monoisotopic (exact) mass is 369 g/mol. The Morgan fingerprint density at radius 3 is 2.48 bits per heavy atom. The molecule has 142 valence electrons. The second kappa shape index (κ2) is 9.91. The number of aliphatic imine (C=N–C) groups is 1. The summed E-state index contributed by atoms with van der Waals surface area (Å²) in [5.74, 6) is 0.529. The largest absolute Gasteiger partial charge is 0.356 e. The lowest BCUT2D eigenvalue weighted by atomic mass is 10.1. The summed E-state index contributed by atoms with van der Waals surface area (Å²) >= 11 is 0. The van der Waals surface area contributed by atoms with Crippen LogP contribution in [0.4, 0.5) is 5.69 Å². The maximum Gasteiger partial charge on any atom is 0.269 e. The Morgan fingerprint density at radius 2 is 1.85 bits per heavy atom. The van der Waals surface area contributed by atoms with Gasteiger partial charge in [-0.25, -0.2) is 0 Å². The summed E-state index contributed by atoms with van der Waals surface area (Å²) in [5.41, 5.74) is 2.67. The molecule has 0 unspecified atom stereocenters. The Bertz CT molecular complexity index is 818. The van der Waals surface area contributed by atoms with Gasteiger partial charge in [0.2, 0.25) is 0 Å². The fourth-order valence-electron chi connectivity index (χ4n) is 2.48. The van der Waals surface area contributed by atoms with Crippen LogP contribution in [0.5, 0.6) is 0 Å². The molecule has 2 aromatic carbocycles. The lowest BCUT2D eigenvalue weighted by Gasteiger charge is -2.12. The summed E-state index contributed by atoms with van der Waals surface area (Å²) in [4.78, 5) is 26.1. The zero-order chi connectivity index (χ0) is 19.6. The molecule has 27 heavy (non-hydrogen) atoms. The summed E-state index contributed by atoms with van der Waals surface area (Å²) < 4.78 is 0. The first-order valence-corrected chi connectivity index (χ1v) is 8.52. The Morgan fingerprint density at radius 1 is 1.11 bits per heavy atom. The number of amides is 1. The molecule has 0 radical (unpaired) electrons. The molecule has 0 bridgehead atoms. The third-order valence-electron chi connectivity index (χ3n) is 3.95. The summed E-state index contributed by atoms with van der Waals surface area (Å²) in [7, 11) is 3.29. The molecule has 0 aromatic heterocycles. The topological polar surface area (TPSA) is 109 Å². The number of guanidine groups is 1. The predicted octanol–water partition coefficient (Wildman–Crippen LogP) is 1.86. The number of non-ortho nitro benzene ring substituents is 1. The molecule has 0 aliphatic carbocycles. The molecule has 0 aliphatic rings. The van der Waals surface area contributed by atoms with Crippen LogP contribution in [0.1, 0.15) is 21.5 Å². The molecule has 2 aromatic rings. The van der Waals surface area contributed by atoms with E-state index in [4.69, 9.17) is 0 Å². The van der Waals surface area contributed by atoms with E-state index in [2.05, 4.69) is 20.9 Å². The van der Waals surface area contributed by atoms with Crippen molar-refractivity contribution in [3.8, 4) is 0 Å². The molecule has 3 N–H and O–H groups in total. The Kier molecular flexibility index (Phi) is 7.30. The Labute approximate surface area is 157 Å². The molecule has 0 saturated carbocycles. The highest BCUT2D eigenvalue weighted by molar-refractivity contribution is 5.94. The van der Waals surface area contributed by atoms with Crippen molar-refractivity contribution in [2.24, 2.45) is 4.99 Å². The van der Waals surface area contributed by atoms with Crippen molar-refractivity contribution in [2.45, 2.75) is 13.0 Å². The van der Waals surface area contributed by atoms with E-state index in [1.165, 1.54) is 12.1 Å². The van der Waals surface area contributed by atoms with Crippen molar-refractivity contribution < 1.29 is 9.72 Å². The molecule has 1 amide bonds. The van der Waals surface area contributed by atoms with Crippen LogP contribution in [0.3, 0.4) is 0 Å². The van der Waals surface area contributed by atoms with Crippen LogP contribution >= 0.6 is 0 Å². The van der Waals surface area contributed by atoms with Crippen LogP contribution < -0.4 is 16.0 Å². The zero-order valence-corrected chi connectivity index (χ0v) is 15.4. The highest BCUT2D eigenvalue weighted by Crippen LogP contribution is 2.11. The fourth-order valence-corrected chi connectivity index (χ4v) is 2.48. The van der Waals surface area contributed by atoms with Crippen molar-refractivity contribution >= 4 is 17.6 Å². The minimum absolute atomic E-state index is 0.0697. The van der Waals surface area contributed by atoms with Crippen molar-refractivity contribution in [3.63, 3.8) is 0 Å².